The Balaban J connectivity index is 0.904. The lowest BCUT2D eigenvalue weighted by molar-refractivity contribution is 0.619. The fourth-order valence-electron chi connectivity index (χ4n) is 8.99. The molecule has 0 radical (unpaired) electrons. The predicted octanol–water partition coefficient (Wildman–Crippen LogP) is 17.2. The van der Waals surface area contributed by atoms with Crippen molar-refractivity contribution in [1.29, 1.82) is 0 Å². The number of aromatic nitrogens is 1. The highest BCUT2D eigenvalue weighted by Crippen LogP contribution is 2.41. The summed E-state index contributed by atoms with van der Waals surface area (Å²) < 4.78 is 12.6. The molecule has 10 aromatic carbocycles. The van der Waals surface area contributed by atoms with Crippen LogP contribution >= 0.6 is 0 Å². The van der Waals surface area contributed by atoms with E-state index in [1.165, 1.54) is 27.8 Å². The molecule has 2 aromatic heterocycles. The van der Waals surface area contributed by atoms with Gasteiger partial charge in [-0.05, 0) is 128 Å². The molecular weight excluding hydrogens is 793 g/mol. The Morgan fingerprint density at radius 2 is 0.677 bits per heavy atom. The molecule has 12 aromatic rings. The maximum Gasteiger partial charge on any atom is 0.227 e. The third kappa shape index (κ3) is 7.23. The molecule has 0 aliphatic carbocycles. The van der Waals surface area contributed by atoms with Crippen molar-refractivity contribution >= 4 is 50.1 Å². The second-order valence-electron chi connectivity index (χ2n) is 16.3. The normalized spacial score (nSPS) is 11.4. The van der Waals surface area contributed by atoms with Crippen molar-refractivity contribution in [2.45, 2.75) is 0 Å². The number of hydrogen-bond donors (Lipinski definition) is 0. The van der Waals surface area contributed by atoms with Crippen LogP contribution in [0.1, 0.15) is 0 Å². The van der Waals surface area contributed by atoms with Gasteiger partial charge >= 0.3 is 0 Å². The maximum atomic E-state index is 6.35. The predicted molar refractivity (Wildman–Crippen MR) is 269 cm³/mol. The first-order valence-electron chi connectivity index (χ1n) is 21.9. The van der Waals surface area contributed by atoms with Gasteiger partial charge in [0.2, 0.25) is 5.89 Å². The van der Waals surface area contributed by atoms with Crippen LogP contribution in [0.5, 0.6) is 0 Å². The fourth-order valence-corrected chi connectivity index (χ4v) is 8.99. The second kappa shape index (κ2) is 16.2. The van der Waals surface area contributed by atoms with Gasteiger partial charge in [0.05, 0.1) is 5.39 Å². The van der Waals surface area contributed by atoms with Crippen LogP contribution in [-0.2, 0) is 0 Å². The minimum Gasteiger partial charge on any atom is -0.456 e. The molecule has 0 aliphatic heterocycles. The van der Waals surface area contributed by atoms with Crippen molar-refractivity contribution in [3.63, 3.8) is 0 Å². The number of oxazole rings is 1. The van der Waals surface area contributed by atoms with Gasteiger partial charge in [-0.25, -0.2) is 4.98 Å². The molecule has 12 rings (SSSR count). The summed E-state index contributed by atoms with van der Waals surface area (Å²) in [5.41, 5.74) is 18.9. The molecule has 0 N–H and O–H groups in total. The molecule has 306 valence electrons. The van der Waals surface area contributed by atoms with E-state index in [1.807, 2.05) is 42.5 Å². The van der Waals surface area contributed by atoms with Crippen molar-refractivity contribution in [2.75, 3.05) is 4.90 Å². The standard InChI is InChI=1S/C61H40N2O2/c1-4-11-41(12-5-1)43-19-21-45(22-20-43)46-27-32-52(33-28-46)63(54-18-10-17-50(39-54)47-25-23-44(24-26-47)42-13-6-2-7-14-42)53-34-29-48(30-35-53)51-31-36-56-55(40-51)59-57(64-56)37-38-58-60(59)62-61(65-58)49-15-8-3-9-16-49/h1-40H. The van der Waals surface area contributed by atoms with Crippen molar-refractivity contribution in [2.24, 2.45) is 0 Å². The van der Waals surface area contributed by atoms with Crippen LogP contribution in [0.4, 0.5) is 17.1 Å². The van der Waals surface area contributed by atoms with Crippen LogP contribution in [0, 0.1) is 0 Å². The highest BCUT2D eigenvalue weighted by Gasteiger charge is 2.19. The zero-order valence-electron chi connectivity index (χ0n) is 35.3. The molecule has 4 nitrogen and oxygen atoms in total. The second-order valence-corrected chi connectivity index (χ2v) is 16.3. The lowest BCUT2D eigenvalue weighted by atomic mass is 9.99. The van der Waals surface area contributed by atoms with Gasteiger partial charge in [0.25, 0.3) is 0 Å². The van der Waals surface area contributed by atoms with Crippen LogP contribution in [0.25, 0.3) is 100 Å². The molecule has 4 heteroatoms. The largest absolute Gasteiger partial charge is 0.456 e. The minimum absolute atomic E-state index is 0.595. The summed E-state index contributed by atoms with van der Waals surface area (Å²) in [5, 5.41) is 1.96. The molecule has 0 bridgehead atoms. The third-order valence-corrected chi connectivity index (χ3v) is 12.4. The van der Waals surface area contributed by atoms with Gasteiger partial charge in [-0.3, -0.25) is 0 Å². The van der Waals surface area contributed by atoms with Crippen molar-refractivity contribution in [3.8, 4) is 67.1 Å². The zero-order chi connectivity index (χ0) is 43.1. The SMILES string of the molecule is c1ccc(-c2ccc(-c3ccc(N(c4ccc(-c5ccc6oc7ccc8oc(-c9ccccc9)nc8c7c6c5)cc4)c4cccc(-c5ccc(-c6ccccc6)cc5)c4)cc3)cc2)cc1. The summed E-state index contributed by atoms with van der Waals surface area (Å²) in [6.45, 7) is 0. The summed E-state index contributed by atoms with van der Waals surface area (Å²) >= 11 is 0. The molecule has 0 aliphatic rings. The van der Waals surface area contributed by atoms with E-state index in [1.54, 1.807) is 0 Å². The summed E-state index contributed by atoms with van der Waals surface area (Å²) in [6, 6.07) is 85.6. The first-order chi connectivity index (χ1) is 32.2. The first-order valence-corrected chi connectivity index (χ1v) is 21.9. The Kier molecular flexibility index (Phi) is 9.46. The molecule has 0 saturated carbocycles. The topological polar surface area (TPSA) is 42.4 Å². The number of fused-ring (bicyclic) bond motifs is 5. The molecule has 65 heavy (non-hydrogen) atoms. The Morgan fingerprint density at radius 1 is 0.277 bits per heavy atom. The summed E-state index contributed by atoms with van der Waals surface area (Å²) in [4.78, 5) is 7.31. The summed E-state index contributed by atoms with van der Waals surface area (Å²) in [5.74, 6) is 0.595. The van der Waals surface area contributed by atoms with Gasteiger partial charge in [-0.2, -0.15) is 0 Å². The fraction of sp³-hybridized carbons (Fsp3) is 0. The Hall–Kier alpha value is -8.73. The first kappa shape index (κ1) is 38.0. The summed E-state index contributed by atoms with van der Waals surface area (Å²) in [7, 11) is 0. The van der Waals surface area contributed by atoms with Crippen LogP contribution in [-0.4, -0.2) is 4.98 Å². The molecule has 0 unspecified atom stereocenters. The molecule has 0 fully saturated rings. The van der Waals surface area contributed by atoms with Gasteiger partial charge in [0.1, 0.15) is 16.7 Å². The van der Waals surface area contributed by atoms with E-state index in [0.29, 0.717) is 5.89 Å². The van der Waals surface area contributed by atoms with E-state index in [-0.39, 0.29) is 0 Å². The van der Waals surface area contributed by atoms with Gasteiger partial charge in [-0.1, -0.05) is 170 Å². The van der Waals surface area contributed by atoms with E-state index in [9.17, 15) is 0 Å². The lowest BCUT2D eigenvalue weighted by Gasteiger charge is -2.26. The number of benzene rings is 10. The van der Waals surface area contributed by atoms with E-state index >= 15 is 0 Å². The van der Waals surface area contributed by atoms with Crippen LogP contribution in [0.2, 0.25) is 0 Å². The monoisotopic (exact) mass is 832 g/mol. The number of hydrogen-bond acceptors (Lipinski definition) is 4. The highest BCUT2D eigenvalue weighted by atomic mass is 16.4. The highest BCUT2D eigenvalue weighted by molar-refractivity contribution is 6.17. The average molecular weight is 833 g/mol. The van der Waals surface area contributed by atoms with E-state index < -0.39 is 0 Å². The van der Waals surface area contributed by atoms with Gasteiger partial charge in [-0.15, -0.1) is 0 Å². The number of rotatable bonds is 9. The minimum atomic E-state index is 0.595. The molecule has 2 heterocycles. The van der Waals surface area contributed by atoms with Crippen molar-refractivity contribution in [1.82, 2.24) is 4.98 Å². The molecule has 0 saturated heterocycles. The van der Waals surface area contributed by atoms with E-state index in [2.05, 4.69) is 205 Å². The van der Waals surface area contributed by atoms with Crippen LogP contribution in [0.3, 0.4) is 0 Å². The molecule has 0 atom stereocenters. The smallest absolute Gasteiger partial charge is 0.227 e. The van der Waals surface area contributed by atoms with Gasteiger partial charge in [0.15, 0.2) is 5.58 Å². The number of anilines is 3. The Labute approximate surface area is 377 Å². The lowest BCUT2D eigenvalue weighted by Crippen LogP contribution is -2.10. The number of furan rings is 1. The molecular formula is C61H40N2O2. The van der Waals surface area contributed by atoms with E-state index in [4.69, 9.17) is 13.8 Å². The third-order valence-electron chi connectivity index (χ3n) is 12.4. The molecule has 0 amide bonds. The van der Waals surface area contributed by atoms with Gasteiger partial charge < -0.3 is 13.7 Å². The van der Waals surface area contributed by atoms with Crippen LogP contribution in [0.15, 0.2) is 251 Å². The number of nitrogens with zero attached hydrogens (tertiary/aromatic N) is 2. The average Bonchev–Trinajstić information content (AvgIpc) is 4.00. The maximum absolute atomic E-state index is 6.35. The quantitative estimate of drug-likeness (QED) is 0.145. The van der Waals surface area contributed by atoms with Crippen LogP contribution < -0.4 is 4.90 Å². The van der Waals surface area contributed by atoms with Gasteiger partial charge in [0, 0.05) is 28.0 Å². The zero-order valence-corrected chi connectivity index (χ0v) is 35.3. The van der Waals surface area contributed by atoms with E-state index in [0.717, 1.165) is 83.5 Å². The Bertz CT molecular complexity index is 3600. The summed E-state index contributed by atoms with van der Waals surface area (Å²) in [6.07, 6.45) is 0. The van der Waals surface area contributed by atoms with Crippen molar-refractivity contribution < 1.29 is 8.83 Å². The molecule has 0 spiro atoms. The van der Waals surface area contributed by atoms with Crippen molar-refractivity contribution in [3.05, 3.63) is 243 Å². The Morgan fingerprint density at radius 3 is 1.22 bits per heavy atom.